The third kappa shape index (κ3) is 3.15. The minimum absolute atomic E-state index is 0.0378. The molecule has 0 radical (unpaired) electrons. The molecule has 0 aliphatic rings. The van der Waals surface area contributed by atoms with Crippen LogP contribution in [0.5, 0.6) is 0 Å². The van der Waals surface area contributed by atoms with Crippen LogP contribution in [-0.4, -0.2) is 15.0 Å². The zero-order chi connectivity index (χ0) is 15.1. The van der Waals surface area contributed by atoms with Gasteiger partial charge in [0.1, 0.15) is 11.5 Å². The normalized spacial score (nSPS) is 12.7. The van der Waals surface area contributed by atoms with Crippen LogP contribution < -0.4 is 5.73 Å². The van der Waals surface area contributed by atoms with Crippen LogP contribution in [-0.2, 0) is 10.8 Å². The fourth-order valence-electron chi connectivity index (χ4n) is 1.69. The van der Waals surface area contributed by atoms with Crippen molar-refractivity contribution in [1.82, 2.24) is 15.0 Å². The molecule has 2 aromatic rings. The zero-order valence-corrected chi connectivity index (χ0v) is 13.8. The first-order valence-corrected chi connectivity index (χ1v) is 7.57. The number of hydrogen-bond acceptors (Lipinski definition) is 5. The summed E-state index contributed by atoms with van der Waals surface area (Å²) in [5, 5.41) is 3.08. The maximum atomic E-state index is 5.91. The highest BCUT2D eigenvalue weighted by atomic mass is 32.1. The first-order chi connectivity index (χ1) is 9.07. The zero-order valence-electron chi connectivity index (χ0n) is 13.0. The summed E-state index contributed by atoms with van der Waals surface area (Å²) in [6.45, 7) is 12.8. The van der Waals surface area contributed by atoms with Gasteiger partial charge in [-0.3, -0.25) is 0 Å². The molecule has 0 aliphatic carbocycles. The second-order valence-corrected chi connectivity index (χ2v) is 7.90. The molecule has 0 amide bonds. The molecule has 2 rings (SSSR count). The Hall–Kier alpha value is -1.49. The van der Waals surface area contributed by atoms with Gasteiger partial charge in [0, 0.05) is 22.3 Å². The Morgan fingerprint density at radius 3 is 2.10 bits per heavy atom. The van der Waals surface area contributed by atoms with Crippen molar-refractivity contribution >= 4 is 17.2 Å². The van der Waals surface area contributed by atoms with Crippen LogP contribution in [0, 0.1) is 0 Å². The maximum Gasteiger partial charge on any atom is 0.181 e. The van der Waals surface area contributed by atoms with Crippen LogP contribution in [0.1, 0.15) is 52.2 Å². The van der Waals surface area contributed by atoms with E-state index in [1.165, 1.54) is 0 Å². The largest absolute Gasteiger partial charge is 0.384 e. The molecule has 0 aliphatic heterocycles. The van der Waals surface area contributed by atoms with E-state index in [-0.39, 0.29) is 10.8 Å². The van der Waals surface area contributed by atoms with Gasteiger partial charge in [0.2, 0.25) is 0 Å². The summed E-state index contributed by atoms with van der Waals surface area (Å²) in [7, 11) is 0. The number of aromatic nitrogens is 3. The number of nitrogen functional groups attached to an aromatic ring is 1. The summed E-state index contributed by atoms with van der Waals surface area (Å²) in [4.78, 5) is 13.6. The SMILES string of the molecule is CC(C)(C)c1cc(N)nc(-c2csc(C(C)(C)C)n2)n1. The monoisotopic (exact) mass is 290 g/mol. The molecule has 0 saturated heterocycles. The molecule has 0 spiro atoms. The first kappa shape index (κ1) is 14.9. The van der Waals surface area contributed by atoms with Crippen molar-refractivity contribution in [2.45, 2.75) is 52.4 Å². The minimum Gasteiger partial charge on any atom is -0.384 e. The molecule has 108 valence electrons. The predicted octanol–water partition coefficient (Wildman–Crippen LogP) is 3.78. The molecule has 5 heteroatoms. The Morgan fingerprint density at radius 2 is 1.60 bits per heavy atom. The Balaban J connectivity index is 2.48. The maximum absolute atomic E-state index is 5.91. The van der Waals surface area contributed by atoms with Crippen LogP contribution >= 0.6 is 11.3 Å². The van der Waals surface area contributed by atoms with E-state index < -0.39 is 0 Å². The van der Waals surface area contributed by atoms with Gasteiger partial charge in [-0.15, -0.1) is 11.3 Å². The van der Waals surface area contributed by atoms with E-state index in [1.54, 1.807) is 11.3 Å². The number of thiazole rings is 1. The summed E-state index contributed by atoms with van der Waals surface area (Å²) in [6, 6.07) is 1.83. The van der Waals surface area contributed by atoms with Crippen molar-refractivity contribution in [2.75, 3.05) is 5.73 Å². The van der Waals surface area contributed by atoms with Gasteiger partial charge in [0.25, 0.3) is 0 Å². The molecule has 0 aromatic carbocycles. The fraction of sp³-hybridized carbons (Fsp3) is 0.533. The molecule has 0 saturated carbocycles. The molecule has 0 fully saturated rings. The standard InChI is InChI=1S/C15H22N4S/c1-14(2,3)10-7-11(16)19-12(18-10)9-8-20-13(17-9)15(4,5)6/h7-8H,1-6H3,(H2,16,18,19). The lowest BCUT2D eigenvalue weighted by molar-refractivity contribution is 0.568. The van der Waals surface area contributed by atoms with E-state index in [1.807, 2.05) is 11.4 Å². The van der Waals surface area contributed by atoms with Gasteiger partial charge in [-0.05, 0) is 0 Å². The van der Waals surface area contributed by atoms with Crippen LogP contribution in [0.4, 0.5) is 5.82 Å². The Labute approximate surface area is 124 Å². The van der Waals surface area contributed by atoms with E-state index in [9.17, 15) is 0 Å². The molecule has 0 bridgehead atoms. The molecule has 20 heavy (non-hydrogen) atoms. The van der Waals surface area contributed by atoms with Crippen LogP contribution in [0.15, 0.2) is 11.4 Å². The van der Waals surface area contributed by atoms with Crippen LogP contribution in [0.3, 0.4) is 0 Å². The molecule has 0 unspecified atom stereocenters. The summed E-state index contributed by atoms with van der Waals surface area (Å²) < 4.78 is 0. The molecule has 2 aromatic heterocycles. The highest BCUT2D eigenvalue weighted by Gasteiger charge is 2.21. The van der Waals surface area contributed by atoms with Crippen LogP contribution in [0.25, 0.3) is 11.5 Å². The molecular weight excluding hydrogens is 268 g/mol. The Kier molecular flexibility index (Phi) is 3.58. The molecular formula is C15H22N4S. The smallest absolute Gasteiger partial charge is 0.181 e. The van der Waals surface area contributed by atoms with Gasteiger partial charge in [-0.2, -0.15) is 0 Å². The average molecular weight is 290 g/mol. The predicted molar refractivity (Wildman–Crippen MR) is 85.0 cm³/mol. The number of nitrogens with zero attached hydrogens (tertiary/aromatic N) is 3. The van der Waals surface area contributed by atoms with Crippen molar-refractivity contribution in [3.8, 4) is 11.5 Å². The summed E-state index contributed by atoms with van der Waals surface area (Å²) in [6.07, 6.45) is 0. The van der Waals surface area contributed by atoms with Crippen LogP contribution in [0.2, 0.25) is 0 Å². The van der Waals surface area contributed by atoms with Gasteiger partial charge < -0.3 is 5.73 Å². The summed E-state index contributed by atoms with van der Waals surface area (Å²) in [5.41, 5.74) is 7.63. The third-order valence-electron chi connectivity index (χ3n) is 2.89. The Bertz CT molecular complexity index is 618. The van der Waals surface area contributed by atoms with Gasteiger partial charge >= 0.3 is 0 Å². The first-order valence-electron chi connectivity index (χ1n) is 6.69. The highest BCUT2D eigenvalue weighted by molar-refractivity contribution is 7.10. The molecule has 2 N–H and O–H groups in total. The van der Waals surface area contributed by atoms with E-state index in [4.69, 9.17) is 5.73 Å². The third-order valence-corrected chi connectivity index (χ3v) is 4.16. The fourth-order valence-corrected chi connectivity index (χ4v) is 2.57. The lowest BCUT2D eigenvalue weighted by atomic mass is 9.92. The van der Waals surface area contributed by atoms with E-state index >= 15 is 0 Å². The van der Waals surface area contributed by atoms with Gasteiger partial charge in [0.15, 0.2) is 5.82 Å². The topological polar surface area (TPSA) is 64.7 Å². The second-order valence-electron chi connectivity index (χ2n) is 7.04. The van der Waals surface area contributed by atoms with Gasteiger partial charge in [-0.1, -0.05) is 41.5 Å². The Morgan fingerprint density at radius 1 is 0.950 bits per heavy atom. The van der Waals surface area contributed by atoms with Gasteiger partial charge in [0.05, 0.1) is 10.7 Å². The summed E-state index contributed by atoms with van der Waals surface area (Å²) >= 11 is 1.64. The van der Waals surface area contributed by atoms with Gasteiger partial charge in [-0.25, -0.2) is 15.0 Å². The lowest BCUT2D eigenvalue weighted by Gasteiger charge is -2.18. The molecule has 2 heterocycles. The van der Waals surface area contributed by atoms with Crippen molar-refractivity contribution < 1.29 is 0 Å². The quantitative estimate of drug-likeness (QED) is 0.868. The van der Waals surface area contributed by atoms with E-state index in [0.29, 0.717) is 11.6 Å². The highest BCUT2D eigenvalue weighted by Crippen LogP contribution is 2.30. The van der Waals surface area contributed by atoms with Crippen molar-refractivity contribution in [1.29, 1.82) is 0 Å². The molecule has 4 nitrogen and oxygen atoms in total. The van der Waals surface area contributed by atoms with E-state index in [2.05, 4.69) is 56.5 Å². The minimum atomic E-state index is -0.0608. The molecule has 0 atom stereocenters. The second kappa shape index (κ2) is 4.81. The number of rotatable bonds is 1. The number of anilines is 1. The van der Waals surface area contributed by atoms with Crippen molar-refractivity contribution in [3.63, 3.8) is 0 Å². The lowest BCUT2D eigenvalue weighted by Crippen LogP contribution is -2.15. The number of nitrogens with two attached hydrogens (primary N) is 1. The summed E-state index contributed by atoms with van der Waals surface area (Å²) in [5.74, 6) is 1.10. The van der Waals surface area contributed by atoms with Crippen molar-refractivity contribution in [2.24, 2.45) is 0 Å². The van der Waals surface area contributed by atoms with Crippen molar-refractivity contribution in [3.05, 3.63) is 22.1 Å². The average Bonchev–Trinajstić information content (AvgIpc) is 2.75. The number of hydrogen-bond donors (Lipinski definition) is 1. The van der Waals surface area contributed by atoms with E-state index in [0.717, 1.165) is 16.4 Å².